The van der Waals surface area contributed by atoms with Crippen molar-refractivity contribution in [1.29, 1.82) is 0 Å². The van der Waals surface area contributed by atoms with Crippen LogP contribution in [-0.2, 0) is 0 Å². The van der Waals surface area contributed by atoms with Crippen LogP contribution in [0.5, 0.6) is 0 Å². The third-order valence-corrected chi connectivity index (χ3v) is 2.25. The number of H-pyrrole nitrogens is 1. The molecule has 0 spiro atoms. The summed E-state index contributed by atoms with van der Waals surface area (Å²) in [6, 6.07) is 5.25. The lowest BCUT2D eigenvalue weighted by Gasteiger charge is -2.00. The van der Waals surface area contributed by atoms with Crippen molar-refractivity contribution in [3.8, 4) is 0 Å². The highest BCUT2D eigenvalue weighted by atomic mass is 16.2. The Labute approximate surface area is 103 Å². The first-order valence-electron chi connectivity index (χ1n) is 5.23. The van der Waals surface area contributed by atoms with Crippen molar-refractivity contribution in [2.75, 3.05) is 0 Å². The average molecular weight is 244 g/mol. The van der Waals surface area contributed by atoms with Crippen molar-refractivity contribution in [3.05, 3.63) is 47.8 Å². The zero-order chi connectivity index (χ0) is 13.0. The van der Waals surface area contributed by atoms with Crippen molar-refractivity contribution in [2.45, 2.75) is 6.92 Å². The minimum atomic E-state index is -0.423. The number of pyridine rings is 1. The number of rotatable bonds is 3. The van der Waals surface area contributed by atoms with Gasteiger partial charge in [0.05, 0.1) is 6.33 Å². The molecule has 2 aromatic heterocycles. The van der Waals surface area contributed by atoms with E-state index in [1.807, 2.05) is 0 Å². The monoisotopic (exact) mass is 244 g/mol. The van der Waals surface area contributed by atoms with E-state index >= 15 is 0 Å². The fourth-order valence-corrected chi connectivity index (χ4v) is 1.32. The van der Waals surface area contributed by atoms with E-state index in [1.165, 1.54) is 6.33 Å². The number of hydrogen-bond acceptors (Lipinski definition) is 4. The number of amides is 1. The first kappa shape index (κ1) is 11.8. The third-order valence-electron chi connectivity index (χ3n) is 2.25. The molecule has 4 N–H and O–H groups in total. The number of imidazole rings is 1. The smallest absolute Gasteiger partial charge is 0.291 e. The summed E-state index contributed by atoms with van der Waals surface area (Å²) in [5.41, 5.74) is 9.45. The maximum absolute atomic E-state index is 11.7. The normalized spacial score (nSPS) is 11.3. The van der Waals surface area contributed by atoms with Crippen molar-refractivity contribution >= 4 is 11.7 Å². The molecule has 0 aliphatic heterocycles. The van der Waals surface area contributed by atoms with E-state index in [1.54, 1.807) is 31.3 Å². The molecule has 7 nitrogen and oxygen atoms in total. The van der Waals surface area contributed by atoms with Gasteiger partial charge in [0.25, 0.3) is 5.91 Å². The molecule has 0 aromatic carbocycles. The van der Waals surface area contributed by atoms with Crippen molar-refractivity contribution in [1.82, 2.24) is 20.4 Å². The second-order valence-corrected chi connectivity index (χ2v) is 3.53. The van der Waals surface area contributed by atoms with E-state index in [-0.39, 0.29) is 11.5 Å². The van der Waals surface area contributed by atoms with E-state index in [4.69, 9.17) is 5.73 Å². The molecule has 0 aliphatic carbocycles. The zero-order valence-electron chi connectivity index (χ0n) is 9.71. The van der Waals surface area contributed by atoms with Crippen LogP contribution in [0.3, 0.4) is 0 Å². The number of hydrazone groups is 1. The average Bonchev–Trinajstić information content (AvgIpc) is 2.83. The van der Waals surface area contributed by atoms with Crippen LogP contribution in [-0.4, -0.2) is 26.7 Å². The highest BCUT2D eigenvalue weighted by molar-refractivity contribution is 5.98. The molecule has 7 heteroatoms. The van der Waals surface area contributed by atoms with Crippen molar-refractivity contribution in [3.63, 3.8) is 0 Å². The Morgan fingerprint density at radius 1 is 1.44 bits per heavy atom. The lowest BCUT2D eigenvalue weighted by Crippen LogP contribution is -2.25. The third kappa shape index (κ3) is 2.51. The molecule has 2 aromatic rings. The number of aromatic nitrogens is 3. The highest BCUT2D eigenvalue weighted by Gasteiger charge is 2.10. The molecule has 2 heterocycles. The topological polar surface area (TPSA) is 109 Å². The Balaban J connectivity index is 2.08. The maximum atomic E-state index is 11.7. The van der Waals surface area contributed by atoms with Crippen LogP contribution in [0.15, 0.2) is 35.8 Å². The van der Waals surface area contributed by atoms with Crippen LogP contribution in [0.1, 0.15) is 21.9 Å². The predicted octanol–water partition coefficient (Wildman–Crippen LogP) is 0.163. The largest absolute Gasteiger partial charge is 0.380 e. The standard InChI is InChI=1S/C11H12N6O/c1-7-9(15-6-14-7)11(18)17-16-10(12)8-4-2-3-5-13-8/h2-6H,1H3,(H2,12,16)(H,14,15)(H,17,18). The number of hydrogen-bond donors (Lipinski definition) is 3. The minimum absolute atomic E-state index is 0.136. The van der Waals surface area contributed by atoms with Crippen molar-refractivity contribution in [2.24, 2.45) is 10.8 Å². The van der Waals surface area contributed by atoms with Crippen LogP contribution in [0.25, 0.3) is 0 Å². The Bertz CT molecular complexity index is 574. The van der Waals surface area contributed by atoms with Gasteiger partial charge in [-0.1, -0.05) is 6.07 Å². The summed E-state index contributed by atoms with van der Waals surface area (Å²) in [4.78, 5) is 22.4. The lowest BCUT2D eigenvalue weighted by atomic mass is 10.3. The molecule has 92 valence electrons. The van der Waals surface area contributed by atoms with Gasteiger partial charge >= 0.3 is 0 Å². The Morgan fingerprint density at radius 2 is 2.28 bits per heavy atom. The van der Waals surface area contributed by atoms with Gasteiger partial charge in [-0.2, -0.15) is 5.10 Å². The molecule has 0 aliphatic rings. The van der Waals surface area contributed by atoms with Gasteiger partial charge in [-0.25, -0.2) is 10.4 Å². The molecule has 18 heavy (non-hydrogen) atoms. The molecule has 0 atom stereocenters. The van der Waals surface area contributed by atoms with Crippen molar-refractivity contribution < 1.29 is 4.79 Å². The van der Waals surface area contributed by atoms with E-state index < -0.39 is 5.91 Å². The molecule has 2 rings (SSSR count). The first-order valence-corrected chi connectivity index (χ1v) is 5.23. The van der Waals surface area contributed by atoms with Gasteiger partial charge < -0.3 is 10.7 Å². The van der Waals surface area contributed by atoms with Crippen LogP contribution in [0.4, 0.5) is 0 Å². The van der Waals surface area contributed by atoms with E-state index in [0.717, 1.165) is 0 Å². The van der Waals surface area contributed by atoms with Crippen LogP contribution in [0.2, 0.25) is 0 Å². The van der Waals surface area contributed by atoms with Crippen LogP contribution < -0.4 is 11.2 Å². The fourth-order valence-electron chi connectivity index (χ4n) is 1.32. The van der Waals surface area contributed by atoms with Gasteiger partial charge in [-0.15, -0.1) is 0 Å². The summed E-state index contributed by atoms with van der Waals surface area (Å²) >= 11 is 0. The van der Waals surface area contributed by atoms with Gasteiger partial charge in [0.1, 0.15) is 5.69 Å². The van der Waals surface area contributed by atoms with E-state index in [2.05, 4.69) is 25.5 Å². The molecular weight excluding hydrogens is 232 g/mol. The molecular formula is C11H12N6O. The molecule has 0 saturated heterocycles. The summed E-state index contributed by atoms with van der Waals surface area (Å²) < 4.78 is 0. The highest BCUT2D eigenvalue weighted by Crippen LogP contribution is 1.99. The molecule has 1 amide bonds. The van der Waals surface area contributed by atoms with E-state index in [0.29, 0.717) is 11.4 Å². The van der Waals surface area contributed by atoms with Crippen LogP contribution in [0, 0.1) is 6.92 Å². The Hall–Kier alpha value is -2.70. The Kier molecular flexibility index (Phi) is 3.33. The number of carbonyl (C=O) groups is 1. The molecule has 0 unspecified atom stereocenters. The molecule has 0 fully saturated rings. The predicted molar refractivity (Wildman–Crippen MR) is 65.8 cm³/mol. The Morgan fingerprint density at radius 3 is 2.89 bits per heavy atom. The van der Waals surface area contributed by atoms with Gasteiger partial charge in [0.2, 0.25) is 0 Å². The summed E-state index contributed by atoms with van der Waals surface area (Å²) in [6.45, 7) is 1.74. The van der Waals surface area contributed by atoms with Gasteiger partial charge in [0.15, 0.2) is 11.5 Å². The number of carbonyl (C=O) groups excluding carboxylic acids is 1. The zero-order valence-corrected chi connectivity index (χ0v) is 9.71. The van der Waals surface area contributed by atoms with Crippen LogP contribution >= 0.6 is 0 Å². The number of aryl methyl sites for hydroxylation is 1. The number of nitrogens with two attached hydrogens (primary N) is 1. The summed E-state index contributed by atoms with van der Waals surface area (Å²) in [5, 5.41) is 3.77. The second-order valence-electron chi connectivity index (χ2n) is 3.53. The SMILES string of the molecule is Cc1[nH]cnc1C(=O)N/N=C(\N)c1ccccn1. The van der Waals surface area contributed by atoms with Gasteiger partial charge in [0, 0.05) is 11.9 Å². The summed E-state index contributed by atoms with van der Waals surface area (Å²) in [7, 11) is 0. The lowest BCUT2D eigenvalue weighted by molar-refractivity contribution is 0.0949. The molecule has 0 saturated carbocycles. The minimum Gasteiger partial charge on any atom is -0.380 e. The van der Waals surface area contributed by atoms with Gasteiger partial charge in [-0.3, -0.25) is 9.78 Å². The summed E-state index contributed by atoms with van der Waals surface area (Å²) in [6.07, 6.45) is 3.04. The fraction of sp³-hybridized carbons (Fsp3) is 0.0909. The molecule has 0 bridgehead atoms. The number of nitrogens with zero attached hydrogens (tertiary/aromatic N) is 3. The van der Waals surface area contributed by atoms with Gasteiger partial charge in [-0.05, 0) is 19.1 Å². The first-order chi connectivity index (χ1) is 8.68. The maximum Gasteiger partial charge on any atom is 0.291 e. The number of aromatic amines is 1. The number of nitrogens with one attached hydrogen (secondary N) is 2. The van der Waals surface area contributed by atoms with E-state index in [9.17, 15) is 4.79 Å². The quantitative estimate of drug-likeness (QED) is 0.406. The molecule has 0 radical (unpaired) electrons. The number of amidine groups is 1. The summed E-state index contributed by atoms with van der Waals surface area (Å²) in [5.74, 6) is -0.287. The second kappa shape index (κ2) is 5.09.